The van der Waals surface area contributed by atoms with Crippen molar-refractivity contribution in [1.29, 1.82) is 0 Å². The number of carbonyl (C=O) groups excluding carboxylic acids is 1. The number of ketones is 1. The van der Waals surface area contributed by atoms with Crippen molar-refractivity contribution in [1.82, 2.24) is 4.98 Å². The average molecular weight is 337 g/mol. The Morgan fingerprint density at radius 2 is 1.88 bits per heavy atom. The summed E-state index contributed by atoms with van der Waals surface area (Å²) in [5.41, 5.74) is 3.14. The minimum Gasteiger partial charge on any atom is -0.628 e. The zero-order chi connectivity index (χ0) is 17.9. The maximum absolute atomic E-state index is 13.1. The summed E-state index contributed by atoms with van der Waals surface area (Å²) in [7, 11) is 1.59. The first-order chi connectivity index (χ1) is 11.8. The molecule has 128 valence electrons. The molecule has 4 rings (SSSR count). The Bertz CT molecular complexity index is 1020. The van der Waals surface area contributed by atoms with Gasteiger partial charge in [-0.25, -0.2) is 0 Å². The van der Waals surface area contributed by atoms with Gasteiger partial charge in [-0.05, 0) is 29.8 Å². The zero-order valence-electron chi connectivity index (χ0n) is 14.1. The second-order valence-corrected chi connectivity index (χ2v) is 6.79. The van der Waals surface area contributed by atoms with E-state index in [9.17, 15) is 15.2 Å². The molecule has 0 bridgehead atoms. The fraction of sp³-hybridized carbons (Fsp3) is 0.211. The van der Waals surface area contributed by atoms with E-state index in [1.54, 1.807) is 25.3 Å². The number of quaternary nitrogens is 1. The number of H-pyrrole nitrogens is 1. The van der Waals surface area contributed by atoms with Gasteiger partial charge in [0.2, 0.25) is 0 Å². The first-order valence-corrected chi connectivity index (χ1v) is 7.95. The molecule has 0 saturated carbocycles. The number of carbonyl (C=O) groups is 1. The van der Waals surface area contributed by atoms with Gasteiger partial charge in [0.25, 0.3) is 0 Å². The third-order valence-corrected chi connectivity index (χ3v) is 5.03. The van der Waals surface area contributed by atoms with E-state index in [2.05, 4.69) is 4.98 Å². The lowest BCUT2D eigenvalue weighted by molar-refractivity contribution is -0.715. The van der Waals surface area contributed by atoms with Crippen LogP contribution in [0.2, 0.25) is 0 Å². The minimum absolute atomic E-state index is 0.0560. The van der Waals surface area contributed by atoms with Crippen molar-refractivity contribution in [3.63, 3.8) is 0 Å². The highest BCUT2D eigenvalue weighted by Crippen LogP contribution is 2.44. The predicted molar refractivity (Wildman–Crippen MR) is 94.2 cm³/mol. The fourth-order valence-corrected chi connectivity index (χ4v) is 3.66. The van der Waals surface area contributed by atoms with Crippen LogP contribution in [0.5, 0.6) is 5.75 Å². The van der Waals surface area contributed by atoms with Crippen LogP contribution < -0.4 is 9.96 Å². The van der Waals surface area contributed by atoms with E-state index >= 15 is 0 Å². The molecule has 0 radical (unpaired) electrons. The number of aromatic nitrogens is 1. The molecule has 0 aliphatic heterocycles. The molecule has 25 heavy (non-hydrogen) atoms. The number of hydrogen-bond acceptors (Lipinski definition) is 4. The summed E-state index contributed by atoms with van der Waals surface area (Å²) in [5, 5.41) is 21.7. The third-order valence-electron chi connectivity index (χ3n) is 5.03. The summed E-state index contributed by atoms with van der Waals surface area (Å²) in [6, 6.07) is 10.1. The average Bonchev–Trinajstić information content (AvgIpc) is 2.99. The normalized spacial score (nSPS) is 15.4. The molecule has 1 aliphatic carbocycles. The molecular weight excluding hydrogens is 320 g/mol. The van der Waals surface area contributed by atoms with Crippen LogP contribution in [0.25, 0.3) is 10.9 Å². The fourth-order valence-electron chi connectivity index (χ4n) is 3.66. The molecule has 6 nitrogen and oxygen atoms in total. The Kier molecular flexibility index (Phi) is 3.27. The van der Waals surface area contributed by atoms with Crippen molar-refractivity contribution in [2.45, 2.75) is 19.3 Å². The van der Waals surface area contributed by atoms with E-state index in [0.717, 1.165) is 16.8 Å². The van der Waals surface area contributed by atoms with Gasteiger partial charge in [0.1, 0.15) is 11.4 Å². The van der Waals surface area contributed by atoms with Crippen molar-refractivity contribution >= 4 is 22.4 Å². The van der Waals surface area contributed by atoms with Crippen LogP contribution in [0.1, 0.15) is 41.0 Å². The molecule has 2 N–H and O–H groups in total. The molecule has 0 spiro atoms. The van der Waals surface area contributed by atoms with Crippen molar-refractivity contribution in [2.24, 2.45) is 0 Å². The molecule has 0 atom stereocenters. The number of nitrogens with one attached hydrogen (secondary N) is 2. The lowest BCUT2D eigenvalue weighted by Crippen LogP contribution is -2.96. The summed E-state index contributed by atoms with van der Waals surface area (Å²) in [6.45, 7) is 4.07. The highest BCUT2D eigenvalue weighted by atomic mass is 16.8. The van der Waals surface area contributed by atoms with Crippen LogP contribution in [0.3, 0.4) is 0 Å². The van der Waals surface area contributed by atoms with E-state index in [1.807, 2.05) is 19.9 Å². The molecule has 0 amide bonds. The van der Waals surface area contributed by atoms with Crippen LogP contribution in [0.4, 0.5) is 5.69 Å². The van der Waals surface area contributed by atoms with Crippen molar-refractivity contribution < 1.29 is 14.8 Å². The molecule has 0 saturated heterocycles. The molecule has 0 fully saturated rings. The largest absolute Gasteiger partial charge is 0.628 e. The Morgan fingerprint density at radius 3 is 2.56 bits per heavy atom. The summed E-state index contributed by atoms with van der Waals surface area (Å²) in [6.07, 6.45) is 0. The number of ether oxygens (including phenoxy) is 1. The topological polar surface area (TPSA) is 92.7 Å². The molecular formula is C19H17N2O4-. The van der Waals surface area contributed by atoms with Crippen LogP contribution >= 0.6 is 0 Å². The van der Waals surface area contributed by atoms with E-state index in [0.29, 0.717) is 22.3 Å². The second kappa shape index (κ2) is 5.16. The molecule has 1 aromatic heterocycles. The number of hydrogen-bond donors (Lipinski definition) is 2. The van der Waals surface area contributed by atoms with E-state index in [1.165, 1.54) is 12.1 Å². The standard InChI is InChI=1S/C19H17N2O4/c1-19(2)14-9-11(25-3)5-6-12(14)17(22)16-13-8-10(21(23)24)4-7-15(13)20-18(16)19/h4-9,20-21H,1-3H3/q-1. The minimum atomic E-state index is -1.26. The van der Waals surface area contributed by atoms with Gasteiger partial charge in [-0.1, -0.05) is 13.8 Å². The van der Waals surface area contributed by atoms with Crippen LogP contribution in [0.15, 0.2) is 36.4 Å². The van der Waals surface area contributed by atoms with Gasteiger partial charge < -0.3 is 25.4 Å². The zero-order valence-corrected chi connectivity index (χ0v) is 14.1. The van der Waals surface area contributed by atoms with Gasteiger partial charge in [0.15, 0.2) is 5.78 Å². The Balaban J connectivity index is 2.03. The van der Waals surface area contributed by atoms with Gasteiger partial charge in [0, 0.05) is 39.7 Å². The SMILES string of the molecule is COc1ccc2c(c1)C(C)(C)c1[nH]c3ccc([NH+]([O-])[O-])cc3c1C2=O. The lowest BCUT2D eigenvalue weighted by Gasteiger charge is -2.32. The molecule has 6 heteroatoms. The third kappa shape index (κ3) is 2.12. The summed E-state index contributed by atoms with van der Waals surface area (Å²) in [5.74, 6) is 0.576. The van der Waals surface area contributed by atoms with Gasteiger partial charge >= 0.3 is 0 Å². The van der Waals surface area contributed by atoms with Gasteiger partial charge in [0.05, 0.1) is 12.7 Å². The summed E-state index contributed by atoms with van der Waals surface area (Å²) >= 11 is 0. The smallest absolute Gasteiger partial charge is 0.195 e. The molecule has 1 aliphatic rings. The number of rotatable bonds is 2. The van der Waals surface area contributed by atoms with Gasteiger partial charge in [-0.15, -0.1) is 0 Å². The van der Waals surface area contributed by atoms with E-state index in [-0.39, 0.29) is 11.5 Å². The monoisotopic (exact) mass is 337 g/mol. The second-order valence-electron chi connectivity index (χ2n) is 6.79. The molecule has 2 aromatic carbocycles. The maximum atomic E-state index is 13.1. The first-order valence-electron chi connectivity index (χ1n) is 7.95. The first kappa shape index (κ1) is 15.8. The lowest BCUT2D eigenvalue weighted by atomic mass is 9.71. The van der Waals surface area contributed by atoms with E-state index in [4.69, 9.17) is 4.74 Å². The molecule has 1 heterocycles. The quantitative estimate of drug-likeness (QED) is 0.703. The summed E-state index contributed by atoms with van der Waals surface area (Å²) in [4.78, 5) is 16.4. The number of methoxy groups -OCH3 is 1. The van der Waals surface area contributed by atoms with Gasteiger partial charge in [-0.3, -0.25) is 4.79 Å². The van der Waals surface area contributed by atoms with Crippen LogP contribution in [-0.2, 0) is 5.41 Å². The van der Waals surface area contributed by atoms with E-state index < -0.39 is 10.6 Å². The van der Waals surface area contributed by atoms with Crippen molar-refractivity contribution in [2.75, 3.05) is 7.11 Å². The molecule has 0 unspecified atom stereocenters. The highest BCUT2D eigenvalue weighted by molar-refractivity contribution is 6.20. The van der Waals surface area contributed by atoms with Crippen molar-refractivity contribution in [3.05, 3.63) is 69.2 Å². The van der Waals surface area contributed by atoms with Gasteiger partial charge in [-0.2, -0.15) is 0 Å². The predicted octanol–water partition coefficient (Wildman–Crippen LogP) is 2.56. The number of aromatic amines is 1. The highest BCUT2D eigenvalue weighted by Gasteiger charge is 2.39. The maximum Gasteiger partial charge on any atom is 0.195 e. The number of benzene rings is 2. The Hall–Kier alpha value is -2.67. The van der Waals surface area contributed by atoms with Crippen LogP contribution in [-0.4, -0.2) is 17.9 Å². The Labute approximate surface area is 144 Å². The Morgan fingerprint density at radius 1 is 1.12 bits per heavy atom. The molecule has 3 aromatic rings. The van der Waals surface area contributed by atoms with Crippen LogP contribution in [0, 0.1) is 10.4 Å². The number of fused-ring (bicyclic) bond motifs is 4. The summed E-state index contributed by atoms with van der Waals surface area (Å²) < 4.78 is 5.30. The van der Waals surface area contributed by atoms with Crippen molar-refractivity contribution in [3.8, 4) is 5.75 Å².